The summed E-state index contributed by atoms with van der Waals surface area (Å²) >= 11 is 0. The van der Waals surface area contributed by atoms with Gasteiger partial charge in [0.2, 0.25) is 5.91 Å². The first-order valence-corrected chi connectivity index (χ1v) is 7.47. The lowest BCUT2D eigenvalue weighted by Crippen LogP contribution is -2.26. The molecule has 2 N–H and O–H groups in total. The molecule has 0 radical (unpaired) electrons. The Morgan fingerprint density at radius 2 is 1.91 bits per heavy atom. The molecule has 1 aromatic heterocycles. The summed E-state index contributed by atoms with van der Waals surface area (Å²) in [7, 11) is 1.75. The molecule has 0 fully saturated rings. The van der Waals surface area contributed by atoms with Crippen molar-refractivity contribution < 1.29 is 4.79 Å². The molecule has 1 heterocycles. The summed E-state index contributed by atoms with van der Waals surface area (Å²) < 4.78 is 1.85. The topological polar surface area (TPSA) is 59.0 Å². The van der Waals surface area contributed by atoms with Gasteiger partial charge in [-0.3, -0.25) is 4.79 Å². The Morgan fingerprint density at radius 3 is 2.50 bits per heavy atom. The Morgan fingerprint density at radius 1 is 1.23 bits per heavy atom. The van der Waals surface area contributed by atoms with Crippen LogP contribution in [0.3, 0.4) is 0 Å². The maximum Gasteiger partial charge on any atom is 0.239 e. The number of carbonyl (C=O) groups is 1. The Hall–Kier alpha value is -2.14. The van der Waals surface area contributed by atoms with Crippen LogP contribution in [0.15, 0.2) is 36.4 Å². The van der Waals surface area contributed by atoms with Gasteiger partial charge in [0.05, 0.1) is 18.8 Å². The van der Waals surface area contributed by atoms with Crippen molar-refractivity contribution in [1.82, 2.24) is 15.1 Å². The molecule has 0 spiro atoms. The summed E-state index contributed by atoms with van der Waals surface area (Å²) in [5.74, 6) is 0.659. The molecule has 0 aliphatic carbocycles. The zero-order valence-corrected chi connectivity index (χ0v) is 13.7. The number of anilines is 1. The van der Waals surface area contributed by atoms with E-state index in [0.29, 0.717) is 6.54 Å². The van der Waals surface area contributed by atoms with Gasteiger partial charge in [0, 0.05) is 11.5 Å². The number of benzene rings is 1. The molecule has 118 valence electrons. The number of nitrogens with zero attached hydrogens (tertiary/aromatic N) is 2. The monoisotopic (exact) mass is 300 g/mol. The Balaban J connectivity index is 2.29. The van der Waals surface area contributed by atoms with Gasteiger partial charge in [0.15, 0.2) is 0 Å². The van der Waals surface area contributed by atoms with Crippen molar-refractivity contribution in [2.75, 3.05) is 18.9 Å². The van der Waals surface area contributed by atoms with Crippen LogP contribution in [0.5, 0.6) is 0 Å². The molecule has 1 aromatic carbocycles. The molecule has 5 heteroatoms. The summed E-state index contributed by atoms with van der Waals surface area (Å²) in [6, 6.07) is 12.1. The average Bonchev–Trinajstić information content (AvgIpc) is 2.83. The number of hydrogen-bond donors (Lipinski definition) is 2. The van der Waals surface area contributed by atoms with Crippen LogP contribution < -0.4 is 10.6 Å². The van der Waals surface area contributed by atoms with E-state index in [1.165, 1.54) is 0 Å². The lowest BCUT2D eigenvalue weighted by Gasteiger charge is -2.14. The van der Waals surface area contributed by atoms with Crippen molar-refractivity contribution in [3.63, 3.8) is 0 Å². The van der Waals surface area contributed by atoms with E-state index in [1.807, 2.05) is 28.9 Å². The van der Waals surface area contributed by atoms with E-state index < -0.39 is 0 Å². The van der Waals surface area contributed by atoms with Crippen LogP contribution in [0.4, 0.5) is 5.82 Å². The predicted molar refractivity (Wildman–Crippen MR) is 89.0 cm³/mol. The third-order valence-corrected chi connectivity index (χ3v) is 3.33. The number of hydrogen-bond acceptors (Lipinski definition) is 3. The minimum Gasteiger partial charge on any atom is -0.311 e. The number of nitrogens with one attached hydrogen (secondary N) is 2. The molecule has 2 aromatic rings. The quantitative estimate of drug-likeness (QED) is 0.891. The Kier molecular flexibility index (Phi) is 4.98. The third-order valence-electron chi connectivity index (χ3n) is 3.33. The van der Waals surface area contributed by atoms with E-state index in [0.717, 1.165) is 17.1 Å². The van der Waals surface area contributed by atoms with Crippen LogP contribution in [0, 0.1) is 0 Å². The first-order chi connectivity index (χ1) is 10.4. The van der Waals surface area contributed by atoms with E-state index in [-0.39, 0.29) is 17.9 Å². The van der Waals surface area contributed by atoms with Crippen LogP contribution in [0.1, 0.15) is 32.0 Å². The highest BCUT2D eigenvalue weighted by atomic mass is 16.2. The number of carbonyl (C=O) groups excluding carboxylic acids is 1. The molecule has 0 saturated carbocycles. The fourth-order valence-electron chi connectivity index (χ4n) is 2.11. The van der Waals surface area contributed by atoms with Gasteiger partial charge in [0.25, 0.3) is 0 Å². The molecule has 2 rings (SSSR count). The third kappa shape index (κ3) is 4.18. The van der Waals surface area contributed by atoms with Gasteiger partial charge in [0.1, 0.15) is 5.82 Å². The normalized spacial score (nSPS) is 11.5. The van der Waals surface area contributed by atoms with Crippen LogP contribution in [0.2, 0.25) is 0 Å². The summed E-state index contributed by atoms with van der Waals surface area (Å²) in [5, 5.41) is 10.4. The van der Waals surface area contributed by atoms with Gasteiger partial charge in [-0.25, -0.2) is 4.68 Å². The van der Waals surface area contributed by atoms with Crippen LogP contribution in [0.25, 0.3) is 0 Å². The molecule has 0 saturated heterocycles. The van der Waals surface area contributed by atoms with Crippen LogP contribution in [-0.4, -0.2) is 29.3 Å². The first kappa shape index (κ1) is 16.2. The molecule has 0 unspecified atom stereocenters. The summed E-state index contributed by atoms with van der Waals surface area (Å²) in [6.45, 7) is 7.25. The highest BCUT2D eigenvalue weighted by Crippen LogP contribution is 2.24. The minimum atomic E-state index is -0.0721. The molecule has 0 aliphatic heterocycles. The maximum absolute atomic E-state index is 11.9. The fourth-order valence-corrected chi connectivity index (χ4v) is 2.11. The first-order valence-electron chi connectivity index (χ1n) is 7.47. The van der Waals surface area contributed by atoms with Crippen molar-refractivity contribution in [1.29, 1.82) is 0 Å². The zero-order valence-electron chi connectivity index (χ0n) is 13.7. The summed E-state index contributed by atoms with van der Waals surface area (Å²) in [5.41, 5.74) is 2.04. The minimum absolute atomic E-state index is 0.0651. The highest BCUT2D eigenvalue weighted by Gasteiger charge is 2.20. The molecule has 5 nitrogen and oxygen atoms in total. The molecule has 1 amide bonds. The van der Waals surface area contributed by atoms with E-state index in [1.54, 1.807) is 7.05 Å². The standard InChI is InChI=1S/C17H24N4O/c1-17(2,3)14-10-15(19-16(22)11-18-4)21(20-14)12-13-8-6-5-7-9-13/h5-10,18H,11-12H2,1-4H3,(H,19,22). The van der Waals surface area contributed by atoms with Gasteiger partial charge in [-0.05, 0) is 12.6 Å². The van der Waals surface area contributed by atoms with Crippen molar-refractivity contribution >= 4 is 11.7 Å². The smallest absolute Gasteiger partial charge is 0.239 e. The van der Waals surface area contributed by atoms with Crippen LogP contribution in [-0.2, 0) is 16.8 Å². The van der Waals surface area contributed by atoms with Crippen molar-refractivity contribution in [2.45, 2.75) is 32.7 Å². The molecule has 0 aliphatic rings. The number of amides is 1. The lowest BCUT2D eigenvalue weighted by atomic mass is 9.92. The maximum atomic E-state index is 11.9. The second-order valence-electron chi connectivity index (χ2n) is 6.39. The van der Waals surface area contributed by atoms with Crippen molar-refractivity contribution in [3.8, 4) is 0 Å². The SMILES string of the molecule is CNCC(=O)Nc1cc(C(C)(C)C)nn1Cc1ccccc1. The molecule has 0 bridgehead atoms. The van der Waals surface area contributed by atoms with Crippen molar-refractivity contribution in [2.24, 2.45) is 0 Å². The van der Waals surface area contributed by atoms with Gasteiger partial charge in [-0.1, -0.05) is 51.1 Å². The number of aromatic nitrogens is 2. The molecule has 22 heavy (non-hydrogen) atoms. The second-order valence-corrected chi connectivity index (χ2v) is 6.39. The number of rotatable bonds is 5. The lowest BCUT2D eigenvalue weighted by molar-refractivity contribution is -0.115. The zero-order chi connectivity index (χ0) is 16.2. The largest absolute Gasteiger partial charge is 0.311 e. The molecule has 0 atom stereocenters. The molecular weight excluding hydrogens is 276 g/mol. The average molecular weight is 300 g/mol. The number of likely N-dealkylation sites (N-methyl/N-ethyl adjacent to an activating group) is 1. The van der Waals surface area contributed by atoms with Crippen molar-refractivity contribution in [3.05, 3.63) is 47.7 Å². The van der Waals surface area contributed by atoms with E-state index in [4.69, 9.17) is 0 Å². The Bertz CT molecular complexity index is 626. The predicted octanol–water partition coefficient (Wildman–Crippen LogP) is 2.39. The van der Waals surface area contributed by atoms with Gasteiger partial charge >= 0.3 is 0 Å². The highest BCUT2D eigenvalue weighted by molar-refractivity contribution is 5.91. The van der Waals surface area contributed by atoms with E-state index in [9.17, 15) is 4.79 Å². The van der Waals surface area contributed by atoms with Gasteiger partial charge in [-0.15, -0.1) is 0 Å². The van der Waals surface area contributed by atoms with E-state index in [2.05, 4.69) is 48.6 Å². The fraction of sp³-hybridized carbons (Fsp3) is 0.412. The summed E-state index contributed by atoms with van der Waals surface area (Å²) in [4.78, 5) is 11.9. The Labute approximate surface area is 131 Å². The summed E-state index contributed by atoms with van der Waals surface area (Å²) in [6.07, 6.45) is 0. The second kappa shape index (κ2) is 6.75. The van der Waals surface area contributed by atoms with Crippen LogP contribution >= 0.6 is 0 Å². The van der Waals surface area contributed by atoms with Gasteiger partial charge in [-0.2, -0.15) is 5.10 Å². The van der Waals surface area contributed by atoms with E-state index >= 15 is 0 Å². The van der Waals surface area contributed by atoms with Gasteiger partial charge < -0.3 is 10.6 Å². The molecular formula is C17H24N4O.